The highest BCUT2D eigenvalue weighted by atomic mass is 19.3. The third-order valence-electron chi connectivity index (χ3n) is 4.41. The third-order valence-corrected chi connectivity index (χ3v) is 4.41. The molecular formula is C19H22F2N4O2. The number of halogens is 2. The molecule has 0 bridgehead atoms. The van der Waals surface area contributed by atoms with Gasteiger partial charge in [0.15, 0.2) is 0 Å². The maximum Gasteiger partial charge on any atom is 0.387 e. The molecule has 2 heterocycles. The lowest BCUT2D eigenvalue weighted by Crippen LogP contribution is -2.44. The third kappa shape index (κ3) is 5.37. The van der Waals surface area contributed by atoms with Crippen LogP contribution in [0.25, 0.3) is 0 Å². The van der Waals surface area contributed by atoms with Gasteiger partial charge in [0.2, 0.25) is 0 Å². The van der Waals surface area contributed by atoms with Gasteiger partial charge < -0.3 is 19.9 Å². The topological polar surface area (TPSA) is 57.7 Å². The number of hydrogen-bond donors (Lipinski definition) is 1. The molecule has 1 saturated heterocycles. The number of alkyl halides is 2. The molecule has 1 aliphatic rings. The highest BCUT2D eigenvalue weighted by Crippen LogP contribution is 2.16. The molecule has 6 nitrogen and oxygen atoms in total. The molecule has 2 aromatic rings. The first-order valence-electron chi connectivity index (χ1n) is 8.73. The maximum absolute atomic E-state index is 12.3. The second kappa shape index (κ2) is 8.77. The van der Waals surface area contributed by atoms with E-state index in [-0.39, 0.29) is 17.2 Å². The Labute approximate surface area is 156 Å². The summed E-state index contributed by atoms with van der Waals surface area (Å²) in [4.78, 5) is 21.2. The van der Waals surface area contributed by atoms with E-state index in [1.54, 1.807) is 12.3 Å². The highest BCUT2D eigenvalue weighted by molar-refractivity contribution is 5.94. The Morgan fingerprint density at radius 2 is 2.00 bits per heavy atom. The van der Waals surface area contributed by atoms with E-state index in [0.29, 0.717) is 6.54 Å². The van der Waals surface area contributed by atoms with Crippen LogP contribution in [0.3, 0.4) is 0 Å². The maximum atomic E-state index is 12.3. The molecule has 8 heteroatoms. The predicted octanol–water partition coefficient (Wildman–Crippen LogP) is 2.36. The molecule has 1 N–H and O–H groups in total. The number of likely N-dealkylation sites (N-methyl/N-ethyl adjacent to an activating group) is 1. The van der Waals surface area contributed by atoms with Gasteiger partial charge in [-0.15, -0.1) is 0 Å². The second-order valence-corrected chi connectivity index (χ2v) is 6.40. The van der Waals surface area contributed by atoms with Gasteiger partial charge in [-0.25, -0.2) is 4.98 Å². The smallest absolute Gasteiger partial charge is 0.387 e. The van der Waals surface area contributed by atoms with Crippen molar-refractivity contribution in [3.63, 3.8) is 0 Å². The standard InChI is InChI=1S/C19H22F2N4O2/c1-24-7-9-25(10-8-24)17-6-5-14(12-22-17)13-23-18(26)15-3-2-4-16(11-15)27-19(20)21/h2-6,11-12,19H,7-10,13H2,1H3,(H,23,26). The van der Waals surface area contributed by atoms with Gasteiger partial charge in [0.1, 0.15) is 11.6 Å². The average Bonchev–Trinajstić information content (AvgIpc) is 2.67. The van der Waals surface area contributed by atoms with Gasteiger partial charge in [0.05, 0.1) is 0 Å². The molecule has 3 rings (SSSR count). The summed E-state index contributed by atoms with van der Waals surface area (Å²) in [5.41, 5.74) is 1.12. The van der Waals surface area contributed by atoms with E-state index < -0.39 is 6.61 Å². The van der Waals surface area contributed by atoms with Gasteiger partial charge >= 0.3 is 6.61 Å². The monoisotopic (exact) mass is 376 g/mol. The molecule has 27 heavy (non-hydrogen) atoms. The van der Waals surface area contributed by atoms with Crippen LogP contribution in [0.1, 0.15) is 15.9 Å². The zero-order chi connectivity index (χ0) is 19.2. The van der Waals surface area contributed by atoms with Crippen LogP contribution in [0.2, 0.25) is 0 Å². The predicted molar refractivity (Wildman–Crippen MR) is 98.2 cm³/mol. The molecule has 144 valence electrons. The van der Waals surface area contributed by atoms with Crippen LogP contribution < -0.4 is 15.0 Å². The Bertz CT molecular complexity index is 763. The number of rotatable bonds is 6. The van der Waals surface area contributed by atoms with Crippen LogP contribution in [-0.4, -0.2) is 55.6 Å². The molecule has 1 fully saturated rings. The van der Waals surface area contributed by atoms with Crippen LogP contribution >= 0.6 is 0 Å². The first-order valence-corrected chi connectivity index (χ1v) is 8.73. The van der Waals surface area contributed by atoms with E-state index in [9.17, 15) is 13.6 Å². The van der Waals surface area contributed by atoms with E-state index in [1.807, 2.05) is 12.1 Å². The summed E-state index contributed by atoms with van der Waals surface area (Å²) >= 11 is 0. The van der Waals surface area contributed by atoms with Crippen LogP contribution in [0.5, 0.6) is 5.75 Å². The molecule has 0 aliphatic carbocycles. The fraction of sp³-hybridized carbons (Fsp3) is 0.368. The Morgan fingerprint density at radius 1 is 1.22 bits per heavy atom. The Hall–Kier alpha value is -2.74. The summed E-state index contributed by atoms with van der Waals surface area (Å²) in [7, 11) is 2.10. The summed E-state index contributed by atoms with van der Waals surface area (Å²) < 4.78 is 28.9. The minimum absolute atomic E-state index is 0.0455. The van der Waals surface area contributed by atoms with E-state index >= 15 is 0 Å². The Morgan fingerprint density at radius 3 is 2.67 bits per heavy atom. The number of pyridine rings is 1. The fourth-order valence-corrected chi connectivity index (χ4v) is 2.84. The normalized spacial score (nSPS) is 15.0. The van der Waals surface area contributed by atoms with Gasteiger partial charge in [0.25, 0.3) is 5.91 Å². The molecule has 1 amide bonds. The van der Waals surface area contributed by atoms with Crippen molar-refractivity contribution in [3.8, 4) is 5.75 Å². The summed E-state index contributed by atoms with van der Waals surface area (Å²) in [6, 6.07) is 9.59. The first-order chi connectivity index (χ1) is 13.0. The van der Waals surface area contributed by atoms with E-state index in [0.717, 1.165) is 37.6 Å². The molecule has 1 aromatic heterocycles. The van der Waals surface area contributed by atoms with E-state index in [4.69, 9.17) is 0 Å². The number of anilines is 1. The Kier molecular flexibility index (Phi) is 6.18. The Balaban J connectivity index is 1.54. The number of carbonyl (C=O) groups excluding carboxylic acids is 1. The van der Waals surface area contributed by atoms with Gasteiger partial charge in [-0.2, -0.15) is 8.78 Å². The highest BCUT2D eigenvalue weighted by Gasteiger charge is 2.15. The molecule has 1 aliphatic heterocycles. The summed E-state index contributed by atoms with van der Waals surface area (Å²) in [6.07, 6.45) is 1.74. The average molecular weight is 376 g/mol. The van der Waals surface area contributed by atoms with Crippen LogP contribution in [0, 0.1) is 0 Å². The molecule has 0 spiro atoms. The minimum atomic E-state index is -2.92. The number of nitrogens with one attached hydrogen (secondary N) is 1. The van der Waals surface area contributed by atoms with Crippen molar-refractivity contribution in [2.45, 2.75) is 13.2 Å². The lowest BCUT2D eigenvalue weighted by Gasteiger charge is -2.33. The number of carbonyl (C=O) groups is 1. The van der Waals surface area contributed by atoms with Crippen molar-refractivity contribution in [3.05, 3.63) is 53.7 Å². The van der Waals surface area contributed by atoms with Crippen LogP contribution in [-0.2, 0) is 6.54 Å². The van der Waals surface area contributed by atoms with Crippen molar-refractivity contribution in [2.75, 3.05) is 38.1 Å². The SMILES string of the molecule is CN1CCN(c2ccc(CNC(=O)c3cccc(OC(F)F)c3)cn2)CC1. The largest absolute Gasteiger partial charge is 0.435 e. The zero-order valence-electron chi connectivity index (χ0n) is 15.1. The fourth-order valence-electron chi connectivity index (χ4n) is 2.84. The first kappa shape index (κ1) is 19.0. The second-order valence-electron chi connectivity index (χ2n) is 6.40. The summed E-state index contributed by atoms with van der Waals surface area (Å²) in [6.45, 7) is 1.28. The molecule has 1 aromatic carbocycles. The number of piperazine rings is 1. The van der Waals surface area contributed by atoms with Gasteiger partial charge in [-0.05, 0) is 36.9 Å². The van der Waals surface area contributed by atoms with Crippen molar-refractivity contribution < 1.29 is 18.3 Å². The lowest BCUT2D eigenvalue weighted by molar-refractivity contribution is -0.0498. The summed E-state index contributed by atoms with van der Waals surface area (Å²) in [5.74, 6) is 0.517. The van der Waals surface area contributed by atoms with Crippen molar-refractivity contribution >= 4 is 11.7 Å². The molecular weight excluding hydrogens is 354 g/mol. The van der Waals surface area contributed by atoms with E-state index in [1.165, 1.54) is 18.2 Å². The van der Waals surface area contributed by atoms with Gasteiger partial charge in [0, 0.05) is 44.5 Å². The molecule has 0 atom stereocenters. The zero-order valence-corrected chi connectivity index (χ0v) is 15.1. The van der Waals surface area contributed by atoms with Gasteiger partial charge in [-0.3, -0.25) is 4.79 Å². The molecule has 0 saturated carbocycles. The van der Waals surface area contributed by atoms with Crippen molar-refractivity contribution in [1.82, 2.24) is 15.2 Å². The lowest BCUT2D eigenvalue weighted by atomic mass is 10.2. The van der Waals surface area contributed by atoms with Crippen molar-refractivity contribution in [2.24, 2.45) is 0 Å². The van der Waals surface area contributed by atoms with E-state index in [2.05, 4.69) is 31.9 Å². The molecule has 0 radical (unpaired) electrons. The quantitative estimate of drug-likeness (QED) is 0.839. The number of hydrogen-bond acceptors (Lipinski definition) is 5. The van der Waals surface area contributed by atoms with Gasteiger partial charge in [-0.1, -0.05) is 12.1 Å². The number of ether oxygens (including phenoxy) is 1. The summed E-state index contributed by atoms with van der Waals surface area (Å²) in [5, 5.41) is 2.76. The van der Waals surface area contributed by atoms with Crippen LogP contribution in [0.15, 0.2) is 42.6 Å². The van der Waals surface area contributed by atoms with Crippen LogP contribution in [0.4, 0.5) is 14.6 Å². The van der Waals surface area contributed by atoms with Crippen molar-refractivity contribution in [1.29, 1.82) is 0 Å². The molecule has 0 unspecified atom stereocenters. The number of nitrogens with zero attached hydrogens (tertiary/aromatic N) is 3. The number of aromatic nitrogens is 1. The number of benzene rings is 1. The minimum Gasteiger partial charge on any atom is -0.435 e. The number of amides is 1.